The molecule has 0 atom stereocenters. The largest absolute Gasteiger partial charge is 0.368 e. The fourth-order valence-corrected chi connectivity index (χ4v) is 3.61. The molecular weight excluding hydrogens is 340 g/mol. The van der Waals surface area contributed by atoms with Crippen molar-refractivity contribution in [3.8, 4) is 0 Å². The van der Waals surface area contributed by atoms with Crippen LogP contribution in [0.1, 0.15) is 10.5 Å². The van der Waals surface area contributed by atoms with Crippen molar-refractivity contribution < 1.29 is 4.79 Å². The third-order valence-corrected chi connectivity index (χ3v) is 5.39. The van der Waals surface area contributed by atoms with Crippen molar-refractivity contribution in [1.29, 1.82) is 0 Å². The molecule has 0 unspecified atom stereocenters. The normalized spacial score (nSPS) is 18.6. The number of carbonyl (C=O) groups is 1. The molecule has 1 aromatic heterocycles. The average Bonchev–Trinajstić information content (AvgIpc) is 2.75. The first-order valence-corrected chi connectivity index (χ1v) is 9.57. The lowest BCUT2D eigenvalue weighted by Crippen LogP contribution is -2.47. The second-order valence-electron chi connectivity index (χ2n) is 7.18. The zero-order chi connectivity index (χ0) is 18.6. The summed E-state index contributed by atoms with van der Waals surface area (Å²) in [7, 11) is 2.08. The minimum atomic E-state index is -0.0175. The van der Waals surface area contributed by atoms with E-state index in [2.05, 4.69) is 56.2 Å². The lowest BCUT2D eigenvalue weighted by Gasteiger charge is -2.36. The smallest absolute Gasteiger partial charge is 0.274 e. The fourth-order valence-electron chi connectivity index (χ4n) is 3.61. The molecule has 1 amide bonds. The minimum absolute atomic E-state index is 0.0175. The second-order valence-corrected chi connectivity index (χ2v) is 7.18. The SMILES string of the molecule is CN1CCN(C(=O)c2ccc(N3CCN(c4ccccc4)CC3)nn2)CC1. The van der Waals surface area contributed by atoms with Crippen molar-refractivity contribution in [1.82, 2.24) is 20.0 Å². The number of benzene rings is 1. The number of likely N-dealkylation sites (N-methyl/N-ethyl adjacent to an activating group) is 1. The number of hydrogen-bond donors (Lipinski definition) is 0. The maximum Gasteiger partial charge on any atom is 0.274 e. The molecular formula is C20H26N6O. The van der Waals surface area contributed by atoms with Gasteiger partial charge in [0.25, 0.3) is 5.91 Å². The fraction of sp³-hybridized carbons (Fsp3) is 0.450. The Morgan fingerprint density at radius 2 is 1.44 bits per heavy atom. The van der Waals surface area contributed by atoms with Gasteiger partial charge < -0.3 is 19.6 Å². The molecule has 2 aromatic rings. The van der Waals surface area contributed by atoms with Crippen LogP contribution in [0.5, 0.6) is 0 Å². The lowest BCUT2D eigenvalue weighted by molar-refractivity contribution is 0.0657. The predicted molar refractivity (Wildman–Crippen MR) is 106 cm³/mol. The Bertz CT molecular complexity index is 750. The van der Waals surface area contributed by atoms with Gasteiger partial charge in [-0.25, -0.2) is 0 Å². The summed E-state index contributed by atoms with van der Waals surface area (Å²) in [6, 6.07) is 14.2. The van der Waals surface area contributed by atoms with Gasteiger partial charge in [-0.1, -0.05) is 18.2 Å². The zero-order valence-corrected chi connectivity index (χ0v) is 15.8. The third-order valence-electron chi connectivity index (χ3n) is 5.39. The maximum absolute atomic E-state index is 12.6. The second kappa shape index (κ2) is 7.92. The standard InChI is InChI=1S/C20H26N6O/c1-23-9-11-26(12-10-23)20(27)18-7-8-19(22-21-18)25-15-13-24(14-16-25)17-5-3-2-4-6-17/h2-8H,9-16H2,1H3. The summed E-state index contributed by atoms with van der Waals surface area (Å²) < 4.78 is 0. The quantitative estimate of drug-likeness (QED) is 0.813. The highest BCUT2D eigenvalue weighted by molar-refractivity contribution is 5.92. The zero-order valence-electron chi connectivity index (χ0n) is 15.8. The molecule has 3 heterocycles. The van der Waals surface area contributed by atoms with Crippen LogP contribution in [0.4, 0.5) is 11.5 Å². The van der Waals surface area contributed by atoms with Gasteiger partial charge in [-0.15, -0.1) is 10.2 Å². The van der Waals surface area contributed by atoms with Gasteiger partial charge in [-0.2, -0.15) is 0 Å². The number of anilines is 2. The summed E-state index contributed by atoms with van der Waals surface area (Å²) >= 11 is 0. The van der Waals surface area contributed by atoms with Crippen molar-refractivity contribution >= 4 is 17.4 Å². The Morgan fingerprint density at radius 1 is 0.778 bits per heavy atom. The Labute approximate surface area is 160 Å². The maximum atomic E-state index is 12.6. The van der Waals surface area contributed by atoms with E-state index >= 15 is 0 Å². The van der Waals surface area contributed by atoms with Crippen LogP contribution < -0.4 is 9.80 Å². The Hall–Kier alpha value is -2.67. The van der Waals surface area contributed by atoms with Crippen molar-refractivity contribution in [2.75, 3.05) is 69.2 Å². The van der Waals surface area contributed by atoms with Crippen LogP contribution in [0.15, 0.2) is 42.5 Å². The molecule has 2 aliphatic rings. The first kappa shape index (κ1) is 17.7. The molecule has 2 saturated heterocycles. The highest BCUT2D eigenvalue weighted by Gasteiger charge is 2.23. The Kier molecular flexibility index (Phi) is 5.20. The molecule has 0 spiro atoms. The molecule has 0 radical (unpaired) electrons. The average molecular weight is 366 g/mol. The summed E-state index contributed by atoms with van der Waals surface area (Å²) in [5.74, 6) is 0.827. The van der Waals surface area contributed by atoms with Crippen LogP contribution in [0, 0.1) is 0 Å². The van der Waals surface area contributed by atoms with E-state index in [9.17, 15) is 4.79 Å². The van der Waals surface area contributed by atoms with Crippen LogP contribution in [0.25, 0.3) is 0 Å². The van der Waals surface area contributed by atoms with Crippen LogP contribution in [-0.2, 0) is 0 Å². The summed E-state index contributed by atoms with van der Waals surface area (Å²) in [6.07, 6.45) is 0. The van der Waals surface area contributed by atoms with Gasteiger partial charge in [0, 0.05) is 58.0 Å². The third kappa shape index (κ3) is 4.03. The monoisotopic (exact) mass is 366 g/mol. The molecule has 0 aliphatic carbocycles. The predicted octanol–water partition coefficient (Wildman–Crippen LogP) is 1.19. The van der Waals surface area contributed by atoms with E-state index in [-0.39, 0.29) is 5.91 Å². The van der Waals surface area contributed by atoms with Crippen LogP contribution in [0.3, 0.4) is 0 Å². The first-order chi connectivity index (χ1) is 13.2. The Balaban J connectivity index is 1.35. The van der Waals surface area contributed by atoms with Gasteiger partial charge in [0.05, 0.1) is 0 Å². The molecule has 4 rings (SSSR count). The van der Waals surface area contributed by atoms with Gasteiger partial charge in [-0.05, 0) is 31.3 Å². The highest BCUT2D eigenvalue weighted by atomic mass is 16.2. The van der Waals surface area contributed by atoms with Crippen LogP contribution >= 0.6 is 0 Å². The topological polar surface area (TPSA) is 55.8 Å². The number of aromatic nitrogens is 2. The number of rotatable bonds is 3. The summed E-state index contributed by atoms with van der Waals surface area (Å²) in [4.78, 5) is 21.3. The van der Waals surface area contributed by atoms with Crippen molar-refractivity contribution in [2.45, 2.75) is 0 Å². The number of carbonyl (C=O) groups excluding carboxylic acids is 1. The van der Waals surface area contributed by atoms with E-state index in [4.69, 9.17) is 0 Å². The van der Waals surface area contributed by atoms with Crippen LogP contribution in [-0.4, -0.2) is 85.3 Å². The highest BCUT2D eigenvalue weighted by Crippen LogP contribution is 2.19. The molecule has 142 valence electrons. The number of hydrogen-bond acceptors (Lipinski definition) is 6. The molecule has 0 saturated carbocycles. The van der Waals surface area contributed by atoms with Crippen molar-refractivity contribution in [3.05, 3.63) is 48.2 Å². The lowest BCUT2D eigenvalue weighted by atomic mass is 10.2. The first-order valence-electron chi connectivity index (χ1n) is 9.57. The molecule has 27 heavy (non-hydrogen) atoms. The molecule has 2 fully saturated rings. The van der Waals surface area contributed by atoms with Gasteiger partial charge in [0.2, 0.25) is 0 Å². The van der Waals surface area contributed by atoms with E-state index in [1.54, 1.807) is 0 Å². The molecule has 0 N–H and O–H groups in total. The number of piperazine rings is 2. The summed E-state index contributed by atoms with van der Waals surface area (Å²) in [6.45, 7) is 7.01. The van der Waals surface area contributed by atoms with Crippen LogP contribution in [0.2, 0.25) is 0 Å². The summed E-state index contributed by atoms with van der Waals surface area (Å²) in [5.41, 5.74) is 1.70. The van der Waals surface area contributed by atoms with Crippen molar-refractivity contribution in [3.63, 3.8) is 0 Å². The molecule has 0 bridgehead atoms. The van der Waals surface area contributed by atoms with Gasteiger partial charge >= 0.3 is 0 Å². The molecule has 7 heteroatoms. The van der Waals surface area contributed by atoms with E-state index in [1.807, 2.05) is 23.1 Å². The van der Waals surface area contributed by atoms with E-state index < -0.39 is 0 Å². The molecule has 7 nitrogen and oxygen atoms in total. The Morgan fingerprint density at radius 3 is 2.07 bits per heavy atom. The van der Waals surface area contributed by atoms with E-state index in [0.717, 1.165) is 58.2 Å². The van der Waals surface area contributed by atoms with Gasteiger partial charge in [0.15, 0.2) is 11.5 Å². The van der Waals surface area contributed by atoms with E-state index in [1.165, 1.54) is 5.69 Å². The molecule has 1 aromatic carbocycles. The number of para-hydroxylation sites is 1. The van der Waals surface area contributed by atoms with Gasteiger partial charge in [0.1, 0.15) is 0 Å². The number of nitrogens with zero attached hydrogens (tertiary/aromatic N) is 6. The van der Waals surface area contributed by atoms with E-state index in [0.29, 0.717) is 5.69 Å². The summed E-state index contributed by atoms with van der Waals surface area (Å²) in [5, 5.41) is 8.55. The minimum Gasteiger partial charge on any atom is -0.368 e. The molecule has 2 aliphatic heterocycles. The number of amides is 1. The van der Waals surface area contributed by atoms with Crippen molar-refractivity contribution in [2.24, 2.45) is 0 Å². The van der Waals surface area contributed by atoms with Gasteiger partial charge in [-0.3, -0.25) is 4.79 Å².